The van der Waals surface area contributed by atoms with Crippen molar-refractivity contribution in [3.8, 4) is 22.3 Å². The molecule has 0 aliphatic carbocycles. The fourth-order valence-corrected chi connectivity index (χ4v) is 4.46. The first-order valence-electron chi connectivity index (χ1n) is 9.73. The molecule has 0 atom stereocenters. The number of nitrogens with one attached hydrogen (secondary N) is 1. The van der Waals surface area contributed by atoms with Crippen molar-refractivity contribution < 1.29 is 9.53 Å². The van der Waals surface area contributed by atoms with Crippen LogP contribution in [0.3, 0.4) is 0 Å². The second-order valence-corrected chi connectivity index (χ2v) is 8.29. The third kappa shape index (κ3) is 5.06. The van der Waals surface area contributed by atoms with Crippen LogP contribution in [0, 0.1) is 0 Å². The van der Waals surface area contributed by atoms with Crippen molar-refractivity contribution in [1.82, 2.24) is 10.2 Å². The fraction of sp³-hybridized carbons (Fsp3) is 0.261. The van der Waals surface area contributed by atoms with E-state index in [1.54, 1.807) is 0 Å². The number of rotatable bonds is 6. The molecule has 4 rings (SSSR count). The Kier molecular flexibility index (Phi) is 6.62. The van der Waals surface area contributed by atoms with E-state index in [9.17, 15) is 4.79 Å². The van der Waals surface area contributed by atoms with E-state index < -0.39 is 0 Å². The monoisotopic (exact) mass is 426 g/mol. The highest BCUT2D eigenvalue weighted by Crippen LogP contribution is 2.31. The van der Waals surface area contributed by atoms with Gasteiger partial charge in [0, 0.05) is 36.8 Å². The average Bonchev–Trinajstić information content (AvgIpc) is 3.25. The molecule has 1 aliphatic rings. The molecule has 1 amide bonds. The first-order valence-corrected chi connectivity index (χ1v) is 11.0. The molecule has 1 saturated heterocycles. The van der Waals surface area contributed by atoms with E-state index in [2.05, 4.69) is 34.5 Å². The van der Waals surface area contributed by atoms with Gasteiger partial charge in [0.25, 0.3) is 5.91 Å². The maximum Gasteiger partial charge on any atom is 0.261 e. The minimum Gasteiger partial charge on any atom is -0.379 e. The van der Waals surface area contributed by atoms with Crippen molar-refractivity contribution in [1.29, 1.82) is 0 Å². The Morgan fingerprint density at radius 3 is 2.52 bits per heavy atom. The molecule has 2 aromatic carbocycles. The van der Waals surface area contributed by atoms with Crippen molar-refractivity contribution in [2.24, 2.45) is 0 Å². The predicted octanol–water partition coefficient (Wildman–Crippen LogP) is 4.80. The number of morpholine rings is 1. The van der Waals surface area contributed by atoms with E-state index in [-0.39, 0.29) is 5.91 Å². The molecule has 6 heteroatoms. The maximum atomic E-state index is 12.4. The summed E-state index contributed by atoms with van der Waals surface area (Å²) < 4.78 is 5.35. The largest absolute Gasteiger partial charge is 0.379 e. The van der Waals surface area contributed by atoms with Crippen molar-refractivity contribution in [2.45, 2.75) is 0 Å². The molecule has 0 bridgehead atoms. The number of benzene rings is 2. The van der Waals surface area contributed by atoms with Gasteiger partial charge in [0.1, 0.15) is 0 Å². The molecular weight excluding hydrogens is 404 g/mol. The van der Waals surface area contributed by atoms with Gasteiger partial charge in [-0.15, -0.1) is 11.3 Å². The van der Waals surface area contributed by atoms with E-state index in [4.69, 9.17) is 16.3 Å². The van der Waals surface area contributed by atoms with Gasteiger partial charge in [-0.25, -0.2) is 0 Å². The summed E-state index contributed by atoms with van der Waals surface area (Å²) in [7, 11) is 0. The van der Waals surface area contributed by atoms with Crippen molar-refractivity contribution >= 4 is 28.8 Å². The lowest BCUT2D eigenvalue weighted by Gasteiger charge is -2.26. The van der Waals surface area contributed by atoms with Crippen molar-refractivity contribution in [3.63, 3.8) is 0 Å². The lowest BCUT2D eigenvalue weighted by atomic mass is 10.0. The van der Waals surface area contributed by atoms with Gasteiger partial charge in [-0.3, -0.25) is 9.69 Å². The summed E-state index contributed by atoms with van der Waals surface area (Å²) in [4.78, 5) is 15.5. The molecule has 0 saturated carbocycles. The summed E-state index contributed by atoms with van der Waals surface area (Å²) in [6, 6.07) is 18.1. The summed E-state index contributed by atoms with van der Waals surface area (Å²) in [5.41, 5.74) is 4.24. The lowest BCUT2D eigenvalue weighted by molar-refractivity contribution is 0.0383. The van der Waals surface area contributed by atoms with Gasteiger partial charge < -0.3 is 10.1 Å². The third-order valence-electron chi connectivity index (χ3n) is 5.04. The van der Waals surface area contributed by atoms with Crippen LogP contribution in [0.1, 0.15) is 9.67 Å². The van der Waals surface area contributed by atoms with Gasteiger partial charge >= 0.3 is 0 Å². The van der Waals surface area contributed by atoms with Gasteiger partial charge in [0.15, 0.2) is 0 Å². The number of halogens is 1. The predicted molar refractivity (Wildman–Crippen MR) is 120 cm³/mol. The number of nitrogens with zero attached hydrogens (tertiary/aromatic N) is 1. The number of hydrogen-bond acceptors (Lipinski definition) is 4. The van der Waals surface area contributed by atoms with Crippen molar-refractivity contribution in [3.05, 3.63) is 69.9 Å². The second kappa shape index (κ2) is 9.55. The standard InChI is InChI=1S/C23H23ClN2O2S/c24-21-4-2-1-3-20(21)18-7-5-17(6-8-18)19-15-22(29-16-19)23(27)25-9-10-26-11-13-28-14-12-26/h1-8,15-16H,9-14H2,(H,25,27). The van der Waals surface area contributed by atoms with Gasteiger partial charge in [0.2, 0.25) is 0 Å². The average molecular weight is 427 g/mol. The van der Waals surface area contributed by atoms with Gasteiger partial charge in [-0.1, -0.05) is 54.1 Å². The first-order chi connectivity index (χ1) is 14.2. The number of thiophene rings is 1. The van der Waals surface area contributed by atoms with Crippen LogP contribution in [0.5, 0.6) is 0 Å². The summed E-state index contributed by atoms with van der Waals surface area (Å²) in [5.74, 6) is -0.0119. The Morgan fingerprint density at radius 2 is 1.76 bits per heavy atom. The van der Waals surface area contributed by atoms with Crippen LogP contribution in [0.15, 0.2) is 60.0 Å². The van der Waals surface area contributed by atoms with E-state index in [0.29, 0.717) is 6.54 Å². The molecule has 150 valence electrons. The number of ether oxygens (including phenoxy) is 1. The SMILES string of the molecule is O=C(NCCN1CCOCC1)c1cc(-c2ccc(-c3ccccc3Cl)cc2)cs1. The quantitative estimate of drug-likeness (QED) is 0.615. The maximum absolute atomic E-state index is 12.4. The normalized spacial score (nSPS) is 14.7. The Bertz CT molecular complexity index is 965. The minimum absolute atomic E-state index is 0.0119. The molecule has 1 aromatic heterocycles. The smallest absolute Gasteiger partial charge is 0.261 e. The highest BCUT2D eigenvalue weighted by Gasteiger charge is 2.13. The van der Waals surface area contributed by atoms with Crippen LogP contribution >= 0.6 is 22.9 Å². The summed E-state index contributed by atoms with van der Waals surface area (Å²) in [6.45, 7) is 4.93. The highest BCUT2D eigenvalue weighted by molar-refractivity contribution is 7.12. The molecule has 1 fully saturated rings. The molecular formula is C23H23ClN2O2S. The molecule has 0 spiro atoms. The molecule has 1 N–H and O–H groups in total. The Labute approximate surface area is 180 Å². The van der Waals surface area contributed by atoms with Crippen LogP contribution < -0.4 is 5.32 Å². The van der Waals surface area contributed by atoms with Gasteiger partial charge in [0.05, 0.1) is 18.1 Å². The zero-order valence-electron chi connectivity index (χ0n) is 16.1. The minimum atomic E-state index is -0.0119. The van der Waals surface area contributed by atoms with E-state index in [1.165, 1.54) is 11.3 Å². The second-order valence-electron chi connectivity index (χ2n) is 6.97. The Hall–Kier alpha value is -2.18. The molecule has 4 nitrogen and oxygen atoms in total. The zero-order valence-corrected chi connectivity index (χ0v) is 17.6. The molecule has 29 heavy (non-hydrogen) atoms. The van der Waals surface area contributed by atoms with Crippen LogP contribution in [0.25, 0.3) is 22.3 Å². The summed E-state index contributed by atoms with van der Waals surface area (Å²) in [6.07, 6.45) is 0. The topological polar surface area (TPSA) is 41.6 Å². The van der Waals surface area contributed by atoms with Gasteiger partial charge in [-0.2, -0.15) is 0 Å². The van der Waals surface area contributed by atoms with Crippen LogP contribution in [-0.4, -0.2) is 50.2 Å². The van der Waals surface area contributed by atoms with Gasteiger partial charge in [-0.05, 0) is 34.2 Å². The number of hydrogen-bond donors (Lipinski definition) is 1. The molecule has 2 heterocycles. The molecule has 0 radical (unpaired) electrons. The fourth-order valence-electron chi connectivity index (χ4n) is 3.38. The number of amides is 1. The van der Waals surface area contributed by atoms with E-state index in [1.807, 2.05) is 35.7 Å². The Morgan fingerprint density at radius 1 is 1.03 bits per heavy atom. The number of carbonyl (C=O) groups is 1. The molecule has 0 unspecified atom stereocenters. The highest BCUT2D eigenvalue weighted by atomic mass is 35.5. The summed E-state index contributed by atoms with van der Waals surface area (Å²) >= 11 is 7.77. The third-order valence-corrected chi connectivity index (χ3v) is 6.30. The van der Waals surface area contributed by atoms with E-state index in [0.717, 1.165) is 65.0 Å². The molecule has 3 aromatic rings. The molecule has 1 aliphatic heterocycles. The lowest BCUT2D eigenvalue weighted by Crippen LogP contribution is -2.41. The summed E-state index contributed by atoms with van der Waals surface area (Å²) in [5, 5.41) is 5.79. The van der Waals surface area contributed by atoms with Crippen LogP contribution in [0.4, 0.5) is 0 Å². The first kappa shape index (κ1) is 20.1. The van der Waals surface area contributed by atoms with Crippen LogP contribution in [0.2, 0.25) is 5.02 Å². The number of carbonyl (C=O) groups excluding carboxylic acids is 1. The van der Waals surface area contributed by atoms with Crippen molar-refractivity contribution in [2.75, 3.05) is 39.4 Å². The Balaban J connectivity index is 1.37. The van der Waals surface area contributed by atoms with E-state index >= 15 is 0 Å². The zero-order chi connectivity index (χ0) is 20.1. The van der Waals surface area contributed by atoms with Crippen LogP contribution in [-0.2, 0) is 4.74 Å².